The van der Waals surface area contributed by atoms with Gasteiger partial charge in [-0.2, -0.15) is 0 Å². The zero-order chi connectivity index (χ0) is 6.85. The second-order valence-electron chi connectivity index (χ2n) is 1.36. The topological polar surface area (TPSA) is 98.6 Å². The molecule has 0 radical (unpaired) electrons. The van der Waals surface area contributed by atoms with E-state index in [9.17, 15) is 14.4 Å². The smallest absolute Gasteiger partial charge is 0.259 e. The number of aromatic amines is 3. The van der Waals surface area contributed by atoms with E-state index in [1.54, 1.807) is 15.0 Å². The van der Waals surface area contributed by atoms with E-state index in [0.29, 0.717) is 0 Å². The molecular weight excluding hydrogens is 241 g/mol. The van der Waals surface area contributed by atoms with Crippen LogP contribution in [-0.2, 0) is 0 Å². The van der Waals surface area contributed by atoms with Crippen molar-refractivity contribution in [2.24, 2.45) is 0 Å². The van der Waals surface area contributed by atoms with Crippen LogP contribution in [0.25, 0.3) is 0 Å². The Kier molecular flexibility index (Phi) is 5.73. The van der Waals surface area contributed by atoms with Gasteiger partial charge in [0.1, 0.15) is 0 Å². The molecule has 8 heteroatoms. The van der Waals surface area contributed by atoms with E-state index in [1.165, 1.54) is 0 Å². The lowest BCUT2D eigenvalue weighted by Gasteiger charge is -1.77. The molecule has 11 heavy (non-hydrogen) atoms. The van der Waals surface area contributed by atoms with Crippen molar-refractivity contribution in [3.8, 4) is 0 Å². The summed E-state index contributed by atoms with van der Waals surface area (Å²) < 4.78 is 0. The third-order valence-electron chi connectivity index (χ3n) is 0.681. The van der Waals surface area contributed by atoms with E-state index < -0.39 is 17.1 Å². The van der Waals surface area contributed by atoms with Gasteiger partial charge in [-0.1, -0.05) is 0 Å². The summed E-state index contributed by atoms with van der Waals surface area (Å²) in [7, 11) is 0. The second kappa shape index (κ2) is 4.91. The molecule has 0 amide bonds. The molecule has 6 nitrogen and oxygen atoms in total. The van der Waals surface area contributed by atoms with Gasteiger partial charge < -0.3 is 0 Å². The summed E-state index contributed by atoms with van der Waals surface area (Å²) >= 11 is 0. The van der Waals surface area contributed by atoms with Crippen LogP contribution in [0, 0.1) is 0 Å². The monoisotopic (exact) mass is 245 g/mol. The second-order valence-corrected chi connectivity index (χ2v) is 1.36. The van der Waals surface area contributed by atoms with Crippen molar-refractivity contribution in [3.05, 3.63) is 31.5 Å². The van der Waals surface area contributed by atoms with Gasteiger partial charge >= 0.3 is 17.1 Å². The minimum Gasteiger partial charge on any atom is -0.259 e. The van der Waals surface area contributed by atoms with Gasteiger partial charge in [-0.05, 0) is 0 Å². The number of aromatic nitrogens is 3. The van der Waals surface area contributed by atoms with Crippen LogP contribution < -0.4 is 17.1 Å². The summed E-state index contributed by atoms with van der Waals surface area (Å²) in [4.78, 5) is 35.9. The lowest BCUT2D eigenvalue weighted by molar-refractivity contribution is 0.888. The Bertz CT molecular complexity index is 286. The van der Waals surface area contributed by atoms with Gasteiger partial charge in [-0.15, -0.1) is 29.4 Å². The van der Waals surface area contributed by atoms with Crippen molar-refractivity contribution in [1.29, 1.82) is 0 Å². The summed E-state index contributed by atoms with van der Waals surface area (Å²) in [6.07, 6.45) is 0. The van der Waals surface area contributed by atoms with Crippen LogP contribution in [0.4, 0.5) is 0 Å². The van der Waals surface area contributed by atoms with Crippen LogP contribution in [-0.4, -0.2) is 15.0 Å². The largest absolute Gasteiger partial charge is 0.330 e. The Morgan fingerprint density at radius 1 is 0.727 bits per heavy atom. The maximum Gasteiger partial charge on any atom is 0.330 e. The number of nitrogens with one attached hydrogen (secondary N) is 3. The fourth-order valence-electron chi connectivity index (χ4n) is 0.403. The molecule has 64 valence electrons. The predicted octanol–water partition coefficient (Wildman–Crippen LogP) is -1.25. The Hall–Kier alpha value is -0.820. The molecule has 0 saturated carbocycles. The summed E-state index contributed by atoms with van der Waals surface area (Å²) in [5, 5.41) is 0. The molecule has 0 fully saturated rings. The minimum atomic E-state index is -0.802. The molecule has 1 heterocycles. The van der Waals surface area contributed by atoms with Crippen molar-refractivity contribution in [1.82, 2.24) is 15.0 Å². The van der Waals surface area contributed by atoms with Gasteiger partial charge in [0.15, 0.2) is 0 Å². The highest BCUT2D eigenvalue weighted by Gasteiger charge is 1.84. The Morgan fingerprint density at radius 3 is 1.09 bits per heavy atom. The van der Waals surface area contributed by atoms with Gasteiger partial charge in [-0.3, -0.25) is 15.0 Å². The van der Waals surface area contributed by atoms with Crippen molar-refractivity contribution >= 4 is 29.4 Å². The highest BCUT2D eigenvalue weighted by atomic mass is 79.9. The normalized spacial score (nSPS) is 7.64. The third kappa shape index (κ3) is 3.79. The molecule has 0 spiro atoms. The van der Waals surface area contributed by atoms with Crippen LogP contribution in [0.1, 0.15) is 0 Å². The maximum atomic E-state index is 10.2. The van der Waals surface area contributed by atoms with Gasteiger partial charge in [0.05, 0.1) is 0 Å². The van der Waals surface area contributed by atoms with E-state index in [2.05, 4.69) is 0 Å². The van der Waals surface area contributed by atoms with Crippen molar-refractivity contribution in [3.63, 3.8) is 0 Å². The number of hydrogen-bond donors (Lipinski definition) is 3. The standard InChI is InChI=1S/C3H3N3O3.BrH.ClH/c7-1-4-2(8)6-3(9)5-1;;/h(H3,4,5,6,7,8,9);2*1H. The minimum absolute atomic E-state index is 0. The number of H-pyrrole nitrogens is 3. The first-order valence-corrected chi connectivity index (χ1v) is 2.11. The van der Waals surface area contributed by atoms with Gasteiger partial charge in [0, 0.05) is 0 Å². The van der Waals surface area contributed by atoms with Crippen molar-refractivity contribution < 1.29 is 0 Å². The highest BCUT2D eigenvalue weighted by molar-refractivity contribution is 8.93. The van der Waals surface area contributed by atoms with E-state index in [1.807, 2.05) is 0 Å². The molecule has 3 N–H and O–H groups in total. The van der Waals surface area contributed by atoms with Gasteiger partial charge in [0.25, 0.3) is 0 Å². The molecule has 0 aliphatic rings. The summed E-state index contributed by atoms with van der Waals surface area (Å²) in [5.74, 6) is 0. The number of halogens is 2. The third-order valence-corrected chi connectivity index (χ3v) is 0.681. The fourth-order valence-corrected chi connectivity index (χ4v) is 0.403. The van der Waals surface area contributed by atoms with Gasteiger partial charge in [0.2, 0.25) is 0 Å². The van der Waals surface area contributed by atoms with Gasteiger partial charge in [-0.25, -0.2) is 14.4 Å². The lowest BCUT2D eigenvalue weighted by atomic mass is 11.0. The van der Waals surface area contributed by atoms with Crippen LogP contribution in [0.3, 0.4) is 0 Å². The highest BCUT2D eigenvalue weighted by Crippen LogP contribution is 1.29. The Balaban J connectivity index is 0. The molecule has 0 aliphatic heterocycles. The van der Waals surface area contributed by atoms with Crippen molar-refractivity contribution in [2.45, 2.75) is 0 Å². The van der Waals surface area contributed by atoms with Crippen LogP contribution >= 0.6 is 29.4 Å². The van der Waals surface area contributed by atoms with E-state index in [4.69, 9.17) is 0 Å². The average Bonchev–Trinajstić information content (AvgIpc) is 1.59. The van der Waals surface area contributed by atoms with E-state index >= 15 is 0 Å². The first-order chi connectivity index (χ1) is 4.18. The number of hydrogen-bond acceptors (Lipinski definition) is 3. The molecule has 1 rings (SSSR count). The SMILES string of the molecule is Br.Cl.O=c1[nH]c(=O)[nH]c(=O)[nH]1. The lowest BCUT2D eigenvalue weighted by Crippen LogP contribution is -2.34. The summed E-state index contributed by atoms with van der Waals surface area (Å²) in [5.41, 5.74) is -2.41. The average molecular weight is 246 g/mol. The number of rotatable bonds is 0. The quantitative estimate of drug-likeness (QED) is 0.533. The molecule has 1 aromatic heterocycles. The summed E-state index contributed by atoms with van der Waals surface area (Å²) in [6, 6.07) is 0. The van der Waals surface area contributed by atoms with Crippen LogP contribution in [0.15, 0.2) is 14.4 Å². The van der Waals surface area contributed by atoms with Crippen LogP contribution in [0.5, 0.6) is 0 Å². The molecule has 0 bridgehead atoms. The molecule has 0 saturated heterocycles. The Labute approximate surface area is 76.2 Å². The van der Waals surface area contributed by atoms with Crippen LogP contribution in [0.2, 0.25) is 0 Å². The van der Waals surface area contributed by atoms with E-state index in [-0.39, 0.29) is 29.4 Å². The Morgan fingerprint density at radius 2 is 0.909 bits per heavy atom. The molecule has 0 aromatic carbocycles. The zero-order valence-electron chi connectivity index (χ0n) is 5.04. The first kappa shape index (κ1) is 12.8. The van der Waals surface area contributed by atoms with E-state index in [0.717, 1.165) is 0 Å². The predicted molar refractivity (Wildman–Crippen MR) is 45.9 cm³/mol. The molecule has 0 atom stereocenters. The molecule has 1 aromatic rings. The van der Waals surface area contributed by atoms with Crippen molar-refractivity contribution in [2.75, 3.05) is 0 Å². The molecule has 0 unspecified atom stereocenters. The summed E-state index contributed by atoms with van der Waals surface area (Å²) in [6.45, 7) is 0. The maximum absolute atomic E-state index is 10.2. The zero-order valence-corrected chi connectivity index (χ0v) is 7.57. The molecule has 0 aliphatic carbocycles. The first-order valence-electron chi connectivity index (χ1n) is 2.11. The fraction of sp³-hybridized carbons (Fsp3) is 0. The molecular formula is C3H5BrClN3O3.